The molecule has 0 radical (unpaired) electrons. The van der Waals surface area contributed by atoms with Crippen LogP contribution in [0.2, 0.25) is 0 Å². The van der Waals surface area contributed by atoms with Crippen molar-refractivity contribution in [2.45, 2.75) is 31.5 Å². The van der Waals surface area contributed by atoms with E-state index < -0.39 is 0 Å². The van der Waals surface area contributed by atoms with E-state index in [0.717, 1.165) is 22.3 Å². The summed E-state index contributed by atoms with van der Waals surface area (Å²) >= 11 is 5.29. The van der Waals surface area contributed by atoms with Crippen LogP contribution in [0.1, 0.15) is 20.3 Å². The maximum absolute atomic E-state index is 5.70. The SMILES string of the molecule is CCOC(CCSc1ccc(N)cc1Br)OCC. The average Bonchev–Trinajstić information content (AvgIpc) is 2.32. The van der Waals surface area contributed by atoms with Gasteiger partial charge in [-0.3, -0.25) is 0 Å². The van der Waals surface area contributed by atoms with E-state index in [2.05, 4.69) is 15.9 Å². The molecule has 0 heterocycles. The normalized spacial score (nSPS) is 11.1. The first-order valence-electron chi connectivity index (χ1n) is 6.08. The van der Waals surface area contributed by atoms with Crippen molar-refractivity contribution >= 4 is 33.4 Å². The first kappa shape index (κ1) is 15.8. The van der Waals surface area contributed by atoms with Gasteiger partial charge in [0.1, 0.15) is 0 Å². The molecule has 0 unspecified atom stereocenters. The van der Waals surface area contributed by atoms with Crippen LogP contribution >= 0.6 is 27.7 Å². The van der Waals surface area contributed by atoms with E-state index in [9.17, 15) is 0 Å². The Labute approximate surface area is 122 Å². The monoisotopic (exact) mass is 333 g/mol. The highest BCUT2D eigenvalue weighted by Gasteiger charge is 2.08. The molecule has 0 aliphatic rings. The minimum Gasteiger partial charge on any atom is -0.399 e. The number of thioether (sulfide) groups is 1. The van der Waals surface area contributed by atoms with Crippen molar-refractivity contribution in [1.29, 1.82) is 0 Å². The second kappa shape index (κ2) is 8.80. The topological polar surface area (TPSA) is 44.5 Å². The lowest BCUT2D eigenvalue weighted by Gasteiger charge is -2.16. The fraction of sp³-hybridized carbons (Fsp3) is 0.538. The molecule has 3 nitrogen and oxygen atoms in total. The van der Waals surface area contributed by atoms with Gasteiger partial charge in [0.15, 0.2) is 6.29 Å². The highest BCUT2D eigenvalue weighted by Crippen LogP contribution is 2.29. The number of rotatable bonds is 8. The van der Waals surface area contributed by atoms with Crippen LogP contribution in [0.5, 0.6) is 0 Å². The summed E-state index contributed by atoms with van der Waals surface area (Å²) in [6, 6.07) is 5.86. The van der Waals surface area contributed by atoms with E-state index in [0.29, 0.717) is 13.2 Å². The lowest BCUT2D eigenvalue weighted by atomic mass is 10.3. The molecule has 0 saturated carbocycles. The highest BCUT2D eigenvalue weighted by atomic mass is 79.9. The molecule has 0 saturated heterocycles. The van der Waals surface area contributed by atoms with Gasteiger partial charge in [-0.1, -0.05) is 0 Å². The average molecular weight is 334 g/mol. The van der Waals surface area contributed by atoms with Crippen molar-refractivity contribution in [2.24, 2.45) is 0 Å². The molecule has 1 rings (SSSR count). The molecule has 0 spiro atoms. The maximum atomic E-state index is 5.70. The Bertz CT molecular complexity index is 357. The Balaban J connectivity index is 2.39. The third kappa shape index (κ3) is 5.61. The number of anilines is 1. The predicted octanol–water partition coefficient (Wildman–Crippen LogP) is 3.91. The van der Waals surface area contributed by atoms with E-state index in [4.69, 9.17) is 15.2 Å². The van der Waals surface area contributed by atoms with E-state index in [-0.39, 0.29) is 6.29 Å². The second-order valence-electron chi connectivity index (χ2n) is 3.67. The van der Waals surface area contributed by atoms with Gasteiger partial charge in [0.2, 0.25) is 0 Å². The van der Waals surface area contributed by atoms with Crippen molar-refractivity contribution in [3.05, 3.63) is 22.7 Å². The minimum atomic E-state index is -0.0972. The predicted molar refractivity (Wildman–Crippen MR) is 80.9 cm³/mol. The molecule has 5 heteroatoms. The number of hydrogen-bond donors (Lipinski definition) is 1. The summed E-state index contributed by atoms with van der Waals surface area (Å²) in [6.45, 7) is 5.33. The van der Waals surface area contributed by atoms with Gasteiger partial charge in [0, 0.05) is 40.4 Å². The van der Waals surface area contributed by atoms with E-state index in [1.165, 1.54) is 4.90 Å². The van der Waals surface area contributed by atoms with E-state index in [1.54, 1.807) is 11.8 Å². The molecule has 0 aromatic heterocycles. The smallest absolute Gasteiger partial charge is 0.158 e. The lowest BCUT2D eigenvalue weighted by Crippen LogP contribution is -2.18. The van der Waals surface area contributed by atoms with Crippen LogP contribution in [0.4, 0.5) is 5.69 Å². The first-order valence-corrected chi connectivity index (χ1v) is 7.86. The fourth-order valence-corrected chi connectivity index (χ4v) is 3.12. The summed E-state index contributed by atoms with van der Waals surface area (Å²) in [5, 5.41) is 0. The molecule has 0 bridgehead atoms. The third-order valence-corrected chi connectivity index (χ3v) is 4.30. The summed E-state index contributed by atoms with van der Waals surface area (Å²) in [5.41, 5.74) is 6.48. The Kier molecular flexibility index (Phi) is 7.74. The van der Waals surface area contributed by atoms with Gasteiger partial charge in [-0.25, -0.2) is 0 Å². The van der Waals surface area contributed by atoms with Crippen LogP contribution in [-0.4, -0.2) is 25.3 Å². The van der Waals surface area contributed by atoms with Crippen LogP contribution in [0.3, 0.4) is 0 Å². The van der Waals surface area contributed by atoms with E-state index in [1.807, 2.05) is 32.0 Å². The van der Waals surface area contributed by atoms with Gasteiger partial charge < -0.3 is 15.2 Å². The molecular weight excluding hydrogens is 314 g/mol. The van der Waals surface area contributed by atoms with Crippen LogP contribution in [0.25, 0.3) is 0 Å². The quantitative estimate of drug-likeness (QED) is 0.445. The Morgan fingerprint density at radius 3 is 2.50 bits per heavy atom. The molecule has 0 amide bonds. The Hall–Kier alpha value is -0.230. The molecule has 1 aromatic rings. The maximum Gasteiger partial charge on any atom is 0.158 e. The van der Waals surface area contributed by atoms with Crippen LogP contribution in [0.15, 0.2) is 27.6 Å². The van der Waals surface area contributed by atoms with Crippen molar-refractivity contribution in [3.63, 3.8) is 0 Å². The summed E-state index contributed by atoms with van der Waals surface area (Å²) in [7, 11) is 0. The van der Waals surface area contributed by atoms with Gasteiger partial charge in [0.05, 0.1) is 0 Å². The molecule has 0 atom stereocenters. The van der Waals surface area contributed by atoms with Gasteiger partial charge in [-0.05, 0) is 48.0 Å². The molecule has 1 aromatic carbocycles. The second-order valence-corrected chi connectivity index (χ2v) is 5.66. The third-order valence-electron chi connectivity index (χ3n) is 2.27. The van der Waals surface area contributed by atoms with E-state index >= 15 is 0 Å². The van der Waals surface area contributed by atoms with Gasteiger partial charge in [-0.2, -0.15) is 0 Å². The fourth-order valence-electron chi connectivity index (χ4n) is 1.49. The van der Waals surface area contributed by atoms with Crippen LogP contribution in [0, 0.1) is 0 Å². The van der Waals surface area contributed by atoms with Crippen LogP contribution in [-0.2, 0) is 9.47 Å². The molecule has 102 valence electrons. The number of halogens is 1. The summed E-state index contributed by atoms with van der Waals surface area (Å²) in [6.07, 6.45) is 0.781. The highest BCUT2D eigenvalue weighted by molar-refractivity contribution is 9.10. The molecule has 2 N–H and O–H groups in total. The molecular formula is C13H20BrNO2S. The van der Waals surface area contributed by atoms with Gasteiger partial charge in [-0.15, -0.1) is 11.8 Å². The number of nitrogens with two attached hydrogens (primary N) is 1. The summed E-state index contributed by atoms with van der Waals surface area (Å²) < 4.78 is 12.0. The van der Waals surface area contributed by atoms with Crippen molar-refractivity contribution < 1.29 is 9.47 Å². The number of nitrogen functional groups attached to an aromatic ring is 1. The molecule has 18 heavy (non-hydrogen) atoms. The Morgan fingerprint density at radius 1 is 1.28 bits per heavy atom. The van der Waals surface area contributed by atoms with Crippen molar-refractivity contribution in [3.8, 4) is 0 Å². The van der Waals surface area contributed by atoms with Gasteiger partial charge in [0.25, 0.3) is 0 Å². The summed E-state index contributed by atoms with van der Waals surface area (Å²) in [4.78, 5) is 1.19. The zero-order valence-corrected chi connectivity index (χ0v) is 13.2. The number of ether oxygens (including phenoxy) is 2. The van der Waals surface area contributed by atoms with Crippen molar-refractivity contribution in [1.82, 2.24) is 0 Å². The standard InChI is InChI=1S/C13H20BrNO2S/c1-3-16-13(17-4-2)7-8-18-12-6-5-10(15)9-11(12)14/h5-6,9,13H,3-4,7-8,15H2,1-2H3. The summed E-state index contributed by atoms with van der Waals surface area (Å²) in [5.74, 6) is 0.952. The molecule has 0 fully saturated rings. The van der Waals surface area contributed by atoms with Gasteiger partial charge >= 0.3 is 0 Å². The first-order chi connectivity index (χ1) is 8.67. The Morgan fingerprint density at radius 2 is 1.94 bits per heavy atom. The number of hydrogen-bond acceptors (Lipinski definition) is 4. The minimum absolute atomic E-state index is 0.0972. The zero-order chi connectivity index (χ0) is 13.4. The molecule has 0 aliphatic carbocycles. The molecule has 0 aliphatic heterocycles. The zero-order valence-electron chi connectivity index (χ0n) is 10.8. The van der Waals surface area contributed by atoms with Crippen LogP contribution < -0.4 is 5.73 Å². The lowest BCUT2D eigenvalue weighted by molar-refractivity contribution is -0.136. The largest absolute Gasteiger partial charge is 0.399 e. The van der Waals surface area contributed by atoms with Crippen molar-refractivity contribution in [2.75, 3.05) is 24.7 Å². The number of benzene rings is 1.